The summed E-state index contributed by atoms with van der Waals surface area (Å²) in [6.45, 7) is 1.95. The highest BCUT2D eigenvalue weighted by Gasteiger charge is 2.19. The van der Waals surface area contributed by atoms with Crippen molar-refractivity contribution in [3.8, 4) is 5.69 Å². The topological polar surface area (TPSA) is 107 Å². The van der Waals surface area contributed by atoms with E-state index in [0.717, 1.165) is 28.5 Å². The van der Waals surface area contributed by atoms with Crippen LogP contribution in [-0.4, -0.2) is 39.6 Å². The number of anilines is 1. The summed E-state index contributed by atoms with van der Waals surface area (Å²) in [5, 5.41) is 12.6. The van der Waals surface area contributed by atoms with Crippen LogP contribution in [0.2, 0.25) is 0 Å². The molecule has 1 amide bonds. The van der Waals surface area contributed by atoms with Gasteiger partial charge in [0.1, 0.15) is 11.0 Å². The van der Waals surface area contributed by atoms with Crippen molar-refractivity contribution in [2.75, 3.05) is 11.1 Å². The molecule has 0 bridgehead atoms. The lowest BCUT2D eigenvalue weighted by atomic mass is 10.2. The van der Waals surface area contributed by atoms with E-state index in [1.165, 1.54) is 11.8 Å². The number of fused-ring (bicyclic) bond motifs is 4. The highest BCUT2D eigenvalue weighted by Crippen LogP contribution is 2.25. The zero-order valence-corrected chi connectivity index (χ0v) is 20.0. The monoisotopic (exact) mass is 499 g/mol. The average Bonchev–Trinajstić information content (AvgIpc) is 3.52. The molecule has 3 aromatic carbocycles. The van der Waals surface area contributed by atoms with Gasteiger partial charge in [0.05, 0.1) is 39.8 Å². The first-order valence-corrected chi connectivity index (χ1v) is 12.4. The Morgan fingerprint density at radius 1 is 1.00 bits per heavy atom. The lowest BCUT2D eigenvalue weighted by Crippen LogP contribution is -2.22. The Balaban J connectivity index is 1.39. The summed E-state index contributed by atoms with van der Waals surface area (Å²) >= 11 is 2.35. The van der Waals surface area contributed by atoms with Gasteiger partial charge in [-0.1, -0.05) is 48.2 Å². The van der Waals surface area contributed by atoms with E-state index in [-0.39, 0.29) is 17.2 Å². The van der Waals surface area contributed by atoms with Crippen molar-refractivity contribution in [3.05, 3.63) is 82.6 Å². The number of para-hydroxylation sites is 2. The van der Waals surface area contributed by atoms with Crippen molar-refractivity contribution in [2.45, 2.75) is 12.1 Å². The number of hydrogen-bond donors (Lipinski definition) is 1. The third-order valence-electron chi connectivity index (χ3n) is 5.64. The molecule has 6 aromatic rings. The Bertz CT molecular complexity index is 1810. The lowest BCUT2D eigenvalue weighted by molar-refractivity contribution is -0.113. The first-order valence-electron chi connectivity index (χ1n) is 10.7. The van der Waals surface area contributed by atoms with Crippen LogP contribution in [0.25, 0.3) is 33.4 Å². The molecule has 35 heavy (non-hydrogen) atoms. The van der Waals surface area contributed by atoms with E-state index in [4.69, 9.17) is 0 Å². The van der Waals surface area contributed by atoms with Crippen LogP contribution in [0.3, 0.4) is 0 Å². The molecule has 172 valence electrons. The van der Waals surface area contributed by atoms with Gasteiger partial charge in [0.25, 0.3) is 5.56 Å². The number of hydrogen-bond acceptors (Lipinski definition) is 8. The quantitative estimate of drug-likeness (QED) is 0.356. The number of nitrogens with zero attached hydrogens (tertiary/aromatic N) is 6. The van der Waals surface area contributed by atoms with Gasteiger partial charge in [-0.05, 0) is 42.8 Å². The minimum Gasteiger partial charge on any atom is -0.323 e. The summed E-state index contributed by atoms with van der Waals surface area (Å²) in [4.78, 5) is 26.2. The molecule has 1 N–H and O–H groups in total. The van der Waals surface area contributed by atoms with Crippen molar-refractivity contribution in [1.82, 2.24) is 27.9 Å². The second kappa shape index (κ2) is 8.60. The third-order valence-corrected chi connectivity index (χ3v) is 7.12. The second-order valence-corrected chi connectivity index (χ2v) is 9.31. The summed E-state index contributed by atoms with van der Waals surface area (Å²) < 4.78 is 11.9. The summed E-state index contributed by atoms with van der Waals surface area (Å²) in [7, 11) is 0. The first kappa shape index (κ1) is 21.4. The van der Waals surface area contributed by atoms with E-state index in [0.29, 0.717) is 33.0 Å². The van der Waals surface area contributed by atoms with Crippen LogP contribution < -0.4 is 10.9 Å². The van der Waals surface area contributed by atoms with Crippen LogP contribution >= 0.6 is 23.5 Å². The summed E-state index contributed by atoms with van der Waals surface area (Å²) in [6.07, 6.45) is 0. The Morgan fingerprint density at radius 2 is 1.83 bits per heavy atom. The molecule has 0 saturated carbocycles. The zero-order valence-electron chi connectivity index (χ0n) is 18.4. The average molecular weight is 500 g/mol. The lowest BCUT2D eigenvalue weighted by Gasteiger charge is -2.13. The van der Waals surface area contributed by atoms with Gasteiger partial charge >= 0.3 is 0 Å². The van der Waals surface area contributed by atoms with Crippen LogP contribution in [0.4, 0.5) is 5.69 Å². The van der Waals surface area contributed by atoms with Crippen molar-refractivity contribution in [2.24, 2.45) is 0 Å². The first-order chi connectivity index (χ1) is 17.1. The van der Waals surface area contributed by atoms with Crippen LogP contribution in [0.1, 0.15) is 5.56 Å². The van der Waals surface area contributed by atoms with Gasteiger partial charge in [-0.15, -0.1) is 10.2 Å². The molecule has 0 fully saturated rings. The molecule has 0 radical (unpaired) electrons. The SMILES string of the molecule is Cc1ccccc1-n1c(=O)c2ccccc2n2c(SCC(=O)Nc3cccc4nsnc34)nnc12. The normalized spacial score (nSPS) is 11.5. The van der Waals surface area contributed by atoms with E-state index in [1.807, 2.05) is 65.9 Å². The summed E-state index contributed by atoms with van der Waals surface area (Å²) in [5.41, 5.74) is 4.21. The van der Waals surface area contributed by atoms with Gasteiger partial charge in [0.15, 0.2) is 5.16 Å². The number of nitrogens with one attached hydrogen (secondary N) is 1. The highest BCUT2D eigenvalue weighted by molar-refractivity contribution is 7.99. The largest absolute Gasteiger partial charge is 0.323 e. The zero-order chi connectivity index (χ0) is 23.9. The van der Waals surface area contributed by atoms with Crippen molar-refractivity contribution in [3.63, 3.8) is 0 Å². The number of aromatic nitrogens is 6. The van der Waals surface area contributed by atoms with E-state index < -0.39 is 0 Å². The molecular weight excluding hydrogens is 482 g/mol. The van der Waals surface area contributed by atoms with Gasteiger partial charge in [-0.2, -0.15) is 8.75 Å². The number of benzene rings is 3. The number of aryl methyl sites for hydroxylation is 1. The van der Waals surface area contributed by atoms with Gasteiger partial charge in [0.2, 0.25) is 11.7 Å². The van der Waals surface area contributed by atoms with Gasteiger partial charge < -0.3 is 5.32 Å². The van der Waals surface area contributed by atoms with Crippen LogP contribution in [0.5, 0.6) is 0 Å². The standard InChI is InChI=1S/C24H17N7O2S2/c1-14-7-2-4-11-18(14)30-22(33)15-8-3-5-12-19(15)31-23(30)26-27-24(31)34-13-20(32)25-16-9-6-10-17-21(16)29-35-28-17/h2-12H,13H2,1H3,(H,25,32). The number of carbonyl (C=O) groups is 1. The predicted molar refractivity (Wildman–Crippen MR) is 138 cm³/mol. The Kier molecular flexibility index (Phi) is 5.27. The molecule has 11 heteroatoms. The molecule has 0 aliphatic carbocycles. The molecule has 0 aliphatic heterocycles. The smallest absolute Gasteiger partial charge is 0.267 e. The molecule has 0 spiro atoms. The maximum Gasteiger partial charge on any atom is 0.267 e. The van der Waals surface area contributed by atoms with Gasteiger partial charge in [-0.25, -0.2) is 4.57 Å². The molecule has 6 rings (SSSR count). The Labute approximate surface area is 206 Å². The van der Waals surface area contributed by atoms with Gasteiger partial charge in [-0.3, -0.25) is 14.0 Å². The van der Waals surface area contributed by atoms with Crippen LogP contribution in [-0.2, 0) is 4.79 Å². The van der Waals surface area contributed by atoms with Crippen LogP contribution in [0.15, 0.2) is 76.7 Å². The Hall–Kier alpha value is -4.09. The number of amides is 1. The predicted octanol–water partition coefficient (Wildman–Crippen LogP) is 4.08. The van der Waals surface area contributed by atoms with E-state index in [1.54, 1.807) is 16.7 Å². The highest BCUT2D eigenvalue weighted by atomic mass is 32.2. The molecule has 0 saturated heterocycles. The maximum absolute atomic E-state index is 13.5. The minimum atomic E-state index is -0.205. The molecule has 9 nitrogen and oxygen atoms in total. The molecule has 3 heterocycles. The summed E-state index contributed by atoms with van der Waals surface area (Å²) in [5.74, 6) is 0.292. The molecule has 3 aromatic heterocycles. The fourth-order valence-electron chi connectivity index (χ4n) is 4.03. The van der Waals surface area contributed by atoms with E-state index in [9.17, 15) is 9.59 Å². The summed E-state index contributed by atoms with van der Waals surface area (Å²) in [6, 6.07) is 20.5. The fourth-order valence-corrected chi connectivity index (χ4v) is 5.32. The molecular formula is C24H17N7O2S2. The fraction of sp³-hybridized carbons (Fsp3) is 0.0833. The minimum absolute atomic E-state index is 0.104. The van der Waals surface area contributed by atoms with Crippen molar-refractivity contribution < 1.29 is 4.79 Å². The maximum atomic E-state index is 13.5. The molecule has 0 aliphatic rings. The Morgan fingerprint density at radius 3 is 2.71 bits per heavy atom. The third kappa shape index (κ3) is 3.65. The molecule has 0 unspecified atom stereocenters. The van der Waals surface area contributed by atoms with Crippen molar-refractivity contribution in [1.29, 1.82) is 0 Å². The van der Waals surface area contributed by atoms with Crippen molar-refractivity contribution >= 4 is 62.8 Å². The van der Waals surface area contributed by atoms with E-state index >= 15 is 0 Å². The van der Waals surface area contributed by atoms with Crippen LogP contribution in [0, 0.1) is 6.92 Å². The number of rotatable bonds is 5. The number of thioether (sulfide) groups is 1. The van der Waals surface area contributed by atoms with Gasteiger partial charge in [0, 0.05) is 0 Å². The molecule has 0 atom stereocenters. The second-order valence-electron chi connectivity index (χ2n) is 7.84. The van der Waals surface area contributed by atoms with E-state index in [2.05, 4.69) is 24.3 Å². The number of carbonyl (C=O) groups excluding carboxylic acids is 1.